The van der Waals surface area contributed by atoms with E-state index in [1.807, 2.05) is 0 Å². The van der Waals surface area contributed by atoms with Gasteiger partial charge in [0.1, 0.15) is 0 Å². The first-order valence-electron chi connectivity index (χ1n) is 6.68. The molecule has 1 aliphatic heterocycles. The lowest BCUT2D eigenvalue weighted by molar-refractivity contribution is -0.0886. The second-order valence-electron chi connectivity index (χ2n) is 5.26. The number of hydrogen-bond donors (Lipinski definition) is 2. The maximum atomic E-state index is 12.6. The summed E-state index contributed by atoms with van der Waals surface area (Å²) in [7, 11) is 0. The van der Waals surface area contributed by atoms with Gasteiger partial charge in [0.25, 0.3) is 5.92 Å². The first kappa shape index (κ1) is 13.5. The zero-order valence-corrected chi connectivity index (χ0v) is 10.8. The summed E-state index contributed by atoms with van der Waals surface area (Å²) in [6, 6.07) is 0.243. The van der Waals surface area contributed by atoms with E-state index in [0.717, 1.165) is 19.5 Å². The van der Waals surface area contributed by atoms with Crippen LogP contribution in [0.25, 0.3) is 0 Å². The van der Waals surface area contributed by atoms with Gasteiger partial charge in [-0.1, -0.05) is 6.92 Å². The van der Waals surface area contributed by atoms with Crippen LogP contribution in [0.5, 0.6) is 0 Å². The smallest absolute Gasteiger partial charge is 0.252 e. The van der Waals surface area contributed by atoms with Gasteiger partial charge in [0.05, 0.1) is 6.54 Å². The summed E-state index contributed by atoms with van der Waals surface area (Å²) in [4.78, 5) is 6.65. The molecule has 0 aromatic rings. The van der Waals surface area contributed by atoms with E-state index in [9.17, 15) is 8.78 Å². The summed E-state index contributed by atoms with van der Waals surface area (Å²) in [5.41, 5.74) is 5.71. The molecule has 1 saturated heterocycles. The summed E-state index contributed by atoms with van der Waals surface area (Å²) in [5.74, 6) is -2.21. The number of hydrogen-bond acceptors (Lipinski definition) is 2. The molecule has 18 heavy (non-hydrogen) atoms. The second kappa shape index (κ2) is 5.38. The fourth-order valence-electron chi connectivity index (χ4n) is 2.74. The molecule has 1 unspecified atom stereocenters. The normalized spacial score (nSPS) is 29.3. The summed E-state index contributed by atoms with van der Waals surface area (Å²) in [6.45, 7) is 4.96. The Morgan fingerprint density at radius 2 is 2.22 bits per heavy atom. The van der Waals surface area contributed by atoms with Crippen molar-refractivity contribution in [3.05, 3.63) is 0 Å². The number of likely N-dealkylation sites (tertiary alicyclic amines) is 1. The number of likely N-dealkylation sites (N-methyl/N-ethyl adjacent to an activating group) is 1. The van der Waals surface area contributed by atoms with Gasteiger partial charge in [-0.3, -0.25) is 9.89 Å². The average molecular weight is 260 g/mol. The van der Waals surface area contributed by atoms with Crippen LogP contribution >= 0.6 is 0 Å². The molecule has 1 atom stereocenters. The van der Waals surface area contributed by atoms with E-state index < -0.39 is 5.92 Å². The zero-order chi connectivity index (χ0) is 13.2. The lowest BCUT2D eigenvalue weighted by atomic mass is 9.88. The first-order valence-corrected chi connectivity index (χ1v) is 6.68. The van der Waals surface area contributed by atoms with Crippen molar-refractivity contribution in [2.24, 2.45) is 10.7 Å². The van der Waals surface area contributed by atoms with Crippen molar-refractivity contribution in [1.82, 2.24) is 10.2 Å². The molecule has 2 aliphatic rings. The molecule has 0 aromatic heterocycles. The van der Waals surface area contributed by atoms with Crippen molar-refractivity contribution >= 4 is 5.96 Å². The highest BCUT2D eigenvalue weighted by molar-refractivity contribution is 5.78. The van der Waals surface area contributed by atoms with Crippen LogP contribution in [0, 0.1) is 0 Å². The standard InChI is InChI=1S/C12H22F2N4/c1-2-18-5-3-4-10(18)8-16-11(15)17-9-6-12(13,14)7-9/h9-10H,2-8H2,1H3,(H3,15,16,17). The lowest BCUT2D eigenvalue weighted by Gasteiger charge is -2.35. The monoisotopic (exact) mass is 260 g/mol. The molecule has 2 fully saturated rings. The van der Waals surface area contributed by atoms with E-state index in [1.165, 1.54) is 6.42 Å². The number of rotatable bonds is 4. The molecule has 6 heteroatoms. The van der Waals surface area contributed by atoms with Gasteiger partial charge in [0.15, 0.2) is 5.96 Å². The predicted octanol–water partition coefficient (Wildman–Crippen LogP) is 1.17. The van der Waals surface area contributed by atoms with Crippen LogP contribution in [0.2, 0.25) is 0 Å². The molecule has 0 radical (unpaired) electrons. The van der Waals surface area contributed by atoms with E-state index in [0.29, 0.717) is 18.5 Å². The summed E-state index contributed by atoms with van der Waals surface area (Å²) < 4.78 is 25.3. The number of nitrogens with two attached hydrogens (primary N) is 1. The van der Waals surface area contributed by atoms with Gasteiger partial charge in [-0.25, -0.2) is 8.78 Å². The molecule has 0 spiro atoms. The number of aliphatic imine (C=N–C) groups is 1. The summed E-state index contributed by atoms with van der Waals surface area (Å²) in [5, 5.41) is 2.86. The number of guanidine groups is 1. The molecular formula is C12H22F2N4. The van der Waals surface area contributed by atoms with Crippen molar-refractivity contribution in [1.29, 1.82) is 0 Å². The molecule has 1 heterocycles. The van der Waals surface area contributed by atoms with E-state index in [4.69, 9.17) is 5.73 Å². The third-order valence-corrected chi connectivity index (χ3v) is 3.82. The van der Waals surface area contributed by atoms with Gasteiger partial charge in [0, 0.05) is 24.9 Å². The Kier molecular flexibility index (Phi) is 4.04. The Bertz CT molecular complexity index is 311. The maximum absolute atomic E-state index is 12.6. The molecule has 0 amide bonds. The minimum Gasteiger partial charge on any atom is -0.370 e. The molecule has 1 aliphatic carbocycles. The molecule has 0 bridgehead atoms. The minimum atomic E-state index is -2.51. The molecular weight excluding hydrogens is 238 g/mol. The highest BCUT2D eigenvalue weighted by atomic mass is 19.3. The Balaban J connectivity index is 1.72. The molecule has 2 rings (SSSR count). The summed E-state index contributed by atoms with van der Waals surface area (Å²) >= 11 is 0. The van der Waals surface area contributed by atoms with Crippen molar-refractivity contribution < 1.29 is 8.78 Å². The predicted molar refractivity (Wildman–Crippen MR) is 67.9 cm³/mol. The number of alkyl halides is 2. The van der Waals surface area contributed by atoms with E-state index >= 15 is 0 Å². The molecule has 0 aromatic carbocycles. The van der Waals surface area contributed by atoms with E-state index in [2.05, 4.69) is 22.1 Å². The van der Waals surface area contributed by atoms with Crippen molar-refractivity contribution in [2.75, 3.05) is 19.6 Å². The SMILES string of the molecule is CCN1CCCC1CN=C(N)NC1CC(F)(F)C1. The Morgan fingerprint density at radius 1 is 1.50 bits per heavy atom. The van der Waals surface area contributed by atoms with Crippen LogP contribution in [0.15, 0.2) is 4.99 Å². The Labute approximate surface area is 107 Å². The topological polar surface area (TPSA) is 53.6 Å². The van der Waals surface area contributed by atoms with Crippen LogP contribution in [0.3, 0.4) is 0 Å². The summed E-state index contributed by atoms with van der Waals surface area (Å²) in [6.07, 6.45) is 2.09. The second-order valence-corrected chi connectivity index (χ2v) is 5.26. The van der Waals surface area contributed by atoms with Crippen LogP contribution in [0.1, 0.15) is 32.6 Å². The van der Waals surface area contributed by atoms with Crippen LogP contribution < -0.4 is 11.1 Å². The van der Waals surface area contributed by atoms with Gasteiger partial charge in [-0.2, -0.15) is 0 Å². The maximum Gasteiger partial charge on any atom is 0.252 e. The Morgan fingerprint density at radius 3 is 2.83 bits per heavy atom. The van der Waals surface area contributed by atoms with Crippen molar-refractivity contribution in [2.45, 2.75) is 50.6 Å². The van der Waals surface area contributed by atoms with E-state index in [-0.39, 0.29) is 18.9 Å². The molecule has 4 nitrogen and oxygen atoms in total. The number of nitrogens with zero attached hydrogens (tertiary/aromatic N) is 2. The third kappa shape index (κ3) is 3.31. The first-order chi connectivity index (χ1) is 8.50. The van der Waals surface area contributed by atoms with Gasteiger partial charge in [-0.05, 0) is 25.9 Å². The molecule has 104 valence electrons. The highest BCUT2D eigenvalue weighted by Crippen LogP contribution is 2.37. The number of halogens is 2. The van der Waals surface area contributed by atoms with Crippen molar-refractivity contribution in [3.63, 3.8) is 0 Å². The largest absolute Gasteiger partial charge is 0.370 e. The quantitative estimate of drug-likeness (QED) is 0.589. The van der Waals surface area contributed by atoms with Gasteiger partial charge < -0.3 is 11.1 Å². The van der Waals surface area contributed by atoms with Crippen LogP contribution in [-0.2, 0) is 0 Å². The van der Waals surface area contributed by atoms with Crippen LogP contribution in [-0.4, -0.2) is 48.5 Å². The number of nitrogens with one attached hydrogen (secondary N) is 1. The van der Waals surface area contributed by atoms with Crippen molar-refractivity contribution in [3.8, 4) is 0 Å². The van der Waals surface area contributed by atoms with Gasteiger partial charge in [-0.15, -0.1) is 0 Å². The third-order valence-electron chi connectivity index (χ3n) is 3.82. The van der Waals surface area contributed by atoms with Gasteiger partial charge in [0.2, 0.25) is 0 Å². The van der Waals surface area contributed by atoms with E-state index in [1.54, 1.807) is 0 Å². The minimum absolute atomic E-state index is 0.131. The van der Waals surface area contributed by atoms with Crippen LogP contribution in [0.4, 0.5) is 8.78 Å². The fraction of sp³-hybridized carbons (Fsp3) is 0.917. The molecule has 3 N–H and O–H groups in total. The average Bonchev–Trinajstić information content (AvgIpc) is 2.71. The molecule has 1 saturated carbocycles. The zero-order valence-electron chi connectivity index (χ0n) is 10.8. The van der Waals surface area contributed by atoms with Gasteiger partial charge >= 0.3 is 0 Å². The fourth-order valence-corrected chi connectivity index (χ4v) is 2.74. The highest BCUT2D eigenvalue weighted by Gasteiger charge is 2.45. The lowest BCUT2D eigenvalue weighted by Crippen LogP contribution is -2.52. The Hall–Kier alpha value is -0.910.